The van der Waals surface area contributed by atoms with E-state index in [0.717, 1.165) is 22.3 Å². The number of alkyl carbamates (subject to hydrolysis) is 1. The van der Waals surface area contributed by atoms with Crippen molar-refractivity contribution in [1.29, 1.82) is 0 Å². The van der Waals surface area contributed by atoms with Crippen LogP contribution in [0.5, 0.6) is 0 Å². The maximum Gasteiger partial charge on any atom is 0.407 e. The molecule has 182 valence electrons. The fraction of sp³-hybridized carbons (Fsp3) is 0.444. The molecule has 0 fully saturated rings. The number of nitrogens with one attached hydrogen (secondary N) is 2. The van der Waals surface area contributed by atoms with Crippen LogP contribution in [0.2, 0.25) is 0 Å². The van der Waals surface area contributed by atoms with E-state index in [1.54, 1.807) is 6.92 Å². The van der Waals surface area contributed by atoms with E-state index in [9.17, 15) is 19.5 Å². The molecule has 1 unspecified atom stereocenters. The molecule has 7 nitrogen and oxygen atoms in total. The summed E-state index contributed by atoms with van der Waals surface area (Å²) in [6.07, 6.45) is 0.271. The Bertz CT molecular complexity index is 990. The lowest BCUT2D eigenvalue weighted by Crippen LogP contribution is -2.53. The molecule has 34 heavy (non-hydrogen) atoms. The van der Waals surface area contributed by atoms with Gasteiger partial charge in [0.2, 0.25) is 5.91 Å². The number of hydrogen-bond donors (Lipinski definition) is 3. The maximum absolute atomic E-state index is 12.9. The Morgan fingerprint density at radius 1 is 0.941 bits per heavy atom. The van der Waals surface area contributed by atoms with Gasteiger partial charge < -0.3 is 20.5 Å². The van der Waals surface area contributed by atoms with Crippen LogP contribution in [0.15, 0.2) is 48.5 Å². The van der Waals surface area contributed by atoms with Crippen LogP contribution in [0.1, 0.15) is 57.6 Å². The van der Waals surface area contributed by atoms with Crippen molar-refractivity contribution in [3.8, 4) is 11.1 Å². The van der Waals surface area contributed by atoms with Crippen LogP contribution in [0.4, 0.5) is 4.79 Å². The summed E-state index contributed by atoms with van der Waals surface area (Å²) in [7, 11) is 0. The van der Waals surface area contributed by atoms with Crippen molar-refractivity contribution in [2.45, 2.75) is 58.5 Å². The minimum atomic E-state index is -1.09. The van der Waals surface area contributed by atoms with Gasteiger partial charge in [0.05, 0.1) is 0 Å². The SMILES string of the molecule is CC[C@H](C)[C@H](NC(=O)C(CC(C)C)NC(=O)OCC1c2ccccc2-c2ccccc21)C(=O)O. The van der Waals surface area contributed by atoms with Crippen molar-refractivity contribution in [3.63, 3.8) is 0 Å². The van der Waals surface area contributed by atoms with E-state index in [1.165, 1.54) is 0 Å². The first-order valence-electron chi connectivity index (χ1n) is 11.9. The summed E-state index contributed by atoms with van der Waals surface area (Å²) in [5.41, 5.74) is 4.47. The highest BCUT2D eigenvalue weighted by atomic mass is 16.5. The van der Waals surface area contributed by atoms with E-state index in [4.69, 9.17) is 4.74 Å². The van der Waals surface area contributed by atoms with E-state index in [0.29, 0.717) is 12.8 Å². The highest BCUT2D eigenvalue weighted by Gasteiger charge is 2.32. The van der Waals surface area contributed by atoms with Crippen LogP contribution in [0.25, 0.3) is 11.1 Å². The van der Waals surface area contributed by atoms with Gasteiger partial charge in [-0.15, -0.1) is 0 Å². The molecule has 0 spiro atoms. The van der Waals surface area contributed by atoms with E-state index < -0.39 is 30.1 Å². The minimum Gasteiger partial charge on any atom is -0.480 e. The number of carboxylic acids is 1. The van der Waals surface area contributed by atoms with Crippen LogP contribution in [-0.2, 0) is 14.3 Å². The summed E-state index contributed by atoms with van der Waals surface area (Å²) in [6.45, 7) is 7.65. The smallest absolute Gasteiger partial charge is 0.407 e. The monoisotopic (exact) mass is 466 g/mol. The molecule has 0 radical (unpaired) electrons. The van der Waals surface area contributed by atoms with Crippen molar-refractivity contribution in [2.75, 3.05) is 6.61 Å². The van der Waals surface area contributed by atoms with Crippen molar-refractivity contribution >= 4 is 18.0 Å². The molecule has 0 bridgehead atoms. The van der Waals surface area contributed by atoms with Gasteiger partial charge in [0.25, 0.3) is 0 Å². The number of hydrogen-bond acceptors (Lipinski definition) is 4. The Morgan fingerprint density at radius 3 is 2.00 bits per heavy atom. The summed E-state index contributed by atoms with van der Waals surface area (Å²) >= 11 is 0. The largest absolute Gasteiger partial charge is 0.480 e. The first-order valence-corrected chi connectivity index (χ1v) is 11.9. The number of carbonyl (C=O) groups is 3. The summed E-state index contributed by atoms with van der Waals surface area (Å²) in [5, 5.41) is 14.8. The number of fused-ring (bicyclic) bond motifs is 3. The molecule has 2 aromatic rings. The zero-order valence-electron chi connectivity index (χ0n) is 20.2. The molecule has 0 saturated carbocycles. The Labute approximate surface area is 200 Å². The van der Waals surface area contributed by atoms with E-state index in [-0.39, 0.29) is 24.4 Å². The predicted octanol–water partition coefficient (Wildman–Crippen LogP) is 4.56. The van der Waals surface area contributed by atoms with Crippen molar-refractivity contribution in [1.82, 2.24) is 10.6 Å². The number of benzene rings is 2. The van der Waals surface area contributed by atoms with Crippen LogP contribution >= 0.6 is 0 Å². The second-order valence-corrected chi connectivity index (χ2v) is 9.36. The molecular formula is C27H34N2O5. The average molecular weight is 467 g/mol. The van der Waals surface area contributed by atoms with Crippen molar-refractivity contribution in [2.24, 2.45) is 11.8 Å². The highest BCUT2D eigenvalue weighted by molar-refractivity contribution is 5.89. The molecule has 0 heterocycles. The van der Waals surface area contributed by atoms with Crippen LogP contribution in [0, 0.1) is 11.8 Å². The lowest BCUT2D eigenvalue weighted by molar-refractivity contribution is -0.143. The third kappa shape index (κ3) is 5.76. The lowest BCUT2D eigenvalue weighted by Gasteiger charge is -2.25. The normalized spacial score (nSPS) is 15.1. The molecule has 2 amide bonds. The summed E-state index contributed by atoms with van der Waals surface area (Å²) in [4.78, 5) is 37.2. The van der Waals surface area contributed by atoms with Gasteiger partial charge in [-0.05, 0) is 40.5 Å². The van der Waals surface area contributed by atoms with E-state index in [2.05, 4.69) is 22.8 Å². The number of ether oxygens (including phenoxy) is 1. The van der Waals surface area contributed by atoms with Crippen LogP contribution in [0.3, 0.4) is 0 Å². The zero-order valence-corrected chi connectivity index (χ0v) is 20.2. The van der Waals surface area contributed by atoms with Gasteiger partial charge >= 0.3 is 12.1 Å². The zero-order chi connectivity index (χ0) is 24.8. The third-order valence-electron chi connectivity index (χ3n) is 6.44. The molecule has 3 N–H and O–H groups in total. The second kappa shape index (κ2) is 11.2. The molecule has 0 saturated heterocycles. The molecule has 1 aliphatic rings. The molecule has 1 aliphatic carbocycles. The quantitative estimate of drug-likeness (QED) is 0.476. The van der Waals surface area contributed by atoms with Crippen molar-refractivity contribution in [3.05, 3.63) is 59.7 Å². The predicted molar refractivity (Wildman–Crippen MR) is 130 cm³/mol. The van der Waals surface area contributed by atoms with Gasteiger partial charge in [-0.25, -0.2) is 9.59 Å². The topological polar surface area (TPSA) is 105 Å². The fourth-order valence-electron chi connectivity index (χ4n) is 4.42. The second-order valence-electron chi connectivity index (χ2n) is 9.36. The number of rotatable bonds is 10. The van der Waals surface area contributed by atoms with Gasteiger partial charge in [-0.1, -0.05) is 82.6 Å². The summed E-state index contributed by atoms with van der Waals surface area (Å²) in [6, 6.07) is 14.2. The van der Waals surface area contributed by atoms with E-state index in [1.807, 2.05) is 57.2 Å². The fourth-order valence-corrected chi connectivity index (χ4v) is 4.42. The van der Waals surface area contributed by atoms with Crippen LogP contribution < -0.4 is 10.6 Å². The number of carbonyl (C=O) groups excluding carboxylic acids is 2. The van der Waals surface area contributed by atoms with Gasteiger partial charge in [-0.2, -0.15) is 0 Å². The van der Waals surface area contributed by atoms with Gasteiger partial charge in [0.15, 0.2) is 0 Å². The molecule has 7 heteroatoms. The van der Waals surface area contributed by atoms with E-state index >= 15 is 0 Å². The van der Waals surface area contributed by atoms with Crippen LogP contribution in [-0.4, -0.2) is 41.8 Å². The number of amides is 2. The number of aliphatic carboxylic acids is 1. The van der Waals surface area contributed by atoms with Gasteiger partial charge in [-0.3, -0.25) is 4.79 Å². The molecule has 2 aromatic carbocycles. The third-order valence-corrected chi connectivity index (χ3v) is 6.44. The average Bonchev–Trinajstić information content (AvgIpc) is 3.13. The summed E-state index contributed by atoms with van der Waals surface area (Å²) in [5.74, 6) is -1.83. The maximum atomic E-state index is 12.9. The molecule has 3 atom stereocenters. The first-order chi connectivity index (χ1) is 16.2. The van der Waals surface area contributed by atoms with Gasteiger partial charge in [0, 0.05) is 5.92 Å². The standard InChI is InChI=1S/C27H34N2O5/c1-5-17(4)24(26(31)32)29-25(30)23(14-16(2)3)28-27(33)34-15-22-20-12-8-6-10-18(20)19-11-7-9-13-21(19)22/h6-13,16-17,22-24H,5,14-15H2,1-4H3,(H,28,33)(H,29,30)(H,31,32)/t17-,23?,24-/m0/s1. The Morgan fingerprint density at radius 2 is 1.50 bits per heavy atom. The lowest BCUT2D eigenvalue weighted by atomic mass is 9.97. The molecular weight excluding hydrogens is 432 g/mol. The van der Waals surface area contributed by atoms with Crippen molar-refractivity contribution < 1.29 is 24.2 Å². The summed E-state index contributed by atoms with van der Waals surface area (Å²) < 4.78 is 5.58. The number of carboxylic acid groups (broad SMARTS) is 1. The molecule has 0 aromatic heterocycles. The first kappa shape index (κ1) is 25.3. The highest BCUT2D eigenvalue weighted by Crippen LogP contribution is 2.44. The Kier molecular flexibility index (Phi) is 8.31. The minimum absolute atomic E-state index is 0.0858. The Hall–Kier alpha value is -3.35. The molecule has 3 rings (SSSR count). The molecule has 0 aliphatic heterocycles. The van der Waals surface area contributed by atoms with Gasteiger partial charge in [0.1, 0.15) is 18.7 Å². The Balaban J connectivity index is 1.67.